The lowest BCUT2D eigenvalue weighted by atomic mass is 9.98. The molecule has 0 unspecified atom stereocenters. The first-order chi connectivity index (χ1) is 14.9. The number of nitrogens with zero attached hydrogens (tertiary/aromatic N) is 2. The van der Waals surface area contributed by atoms with Crippen molar-refractivity contribution in [2.24, 2.45) is 0 Å². The summed E-state index contributed by atoms with van der Waals surface area (Å²) >= 11 is 0. The van der Waals surface area contributed by atoms with Crippen LogP contribution in [0.4, 0.5) is 10.1 Å². The zero-order chi connectivity index (χ0) is 21.7. The first-order valence-electron chi connectivity index (χ1n) is 9.87. The third-order valence-corrected chi connectivity index (χ3v) is 5.75. The van der Waals surface area contributed by atoms with E-state index in [0.717, 1.165) is 25.0 Å². The van der Waals surface area contributed by atoms with Crippen LogP contribution in [0.25, 0.3) is 11.0 Å². The molecule has 1 amide bonds. The molecule has 1 fully saturated rings. The smallest absolute Gasteiger partial charge is 0.291 e. The molecule has 0 spiro atoms. The minimum atomic E-state index is -0.893. The number of non-ortho nitro benzene ring substituents is 1. The molecule has 0 aliphatic carbocycles. The van der Waals surface area contributed by atoms with Crippen molar-refractivity contribution in [2.45, 2.75) is 25.0 Å². The van der Waals surface area contributed by atoms with Crippen molar-refractivity contribution >= 4 is 22.6 Å². The normalized spacial score (nSPS) is 20.4. The summed E-state index contributed by atoms with van der Waals surface area (Å²) in [6, 6.07) is 8.44. The van der Waals surface area contributed by atoms with Crippen molar-refractivity contribution < 1.29 is 23.3 Å². The van der Waals surface area contributed by atoms with Gasteiger partial charge in [-0.25, -0.2) is 4.39 Å². The summed E-state index contributed by atoms with van der Waals surface area (Å²) in [6.45, 7) is 0.794. The van der Waals surface area contributed by atoms with Gasteiger partial charge in [0.25, 0.3) is 11.6 Å². The minimum Gasteiger partial charge on any atom is -0.450 e. The number of rotatable bonds is 4. The van der Waals surface area contributed by atoms with Crippen molar-refractivity contribution in [3.63, 3.8) is 0 Å². The maximum absolute atomic E-state index is 13.8. The molecule has 158 valence electrons. The van der Waals surface area contributed by atoms with Crippen LogP contribution >= 0.6 is 0 Å². The number of nitro benzene ring substituents is 1. The number of amides is 1. The average molecular weight is 424 g/mol. The topological polar surface area (TPSA) is 103 Å². The quantitative estimate of drug-likeness (QED) is 0.469. The van der Waals surface area contributed by atoms with Crippen LogP contribution in [0.3, 0.4) is 0 Å². The number of nitro groups is 1. The van der Waals surface area contributed by atoms with Gasteiger partial charge < -0.3 is 14.1 Å². The van der Waals surface area contributed by atoms with Gasteiger partial charge in [-0.3, -0.25) is 19.7 Å². The van der Waals surface area contributed by atoms with Gasteiger partial charge in [-0.2, -0.15) is 0 Å². The van der Waals surface area contributed by atoms with E-state index in [1.807, 2.05) is 0 Å². The first kappa shape index (κ1) is 19.4. The van der Waals surface area contributed by atoms with Crippen LogP contribution in [-0.2, 0) is 4.74 Å². The predicted molar refractivity (Wildman–Crippen MR) is 107 cm³/mol. The largest absolute Gasteiger partial charge is 0.450 e. The molecule has 0 radical (unpaired) electrons. The number of hydrogen-bond donors (Lipinski definition) is 0. The van der Waals surface area contributed by atoms with E-state index in [4.69, 9.17) is 9.15 Å². The molecule has 2 aliphatic rings. The summed E-state index contributed by atoms with van der Waals surface area (Å²) < 4.78 is 25.2. The van der Waals surface area contributed by atoms with Gasteiger partial charge in [0.2, 0.25) is 5.76 Å². The SMILES string of the molecule is O=C1c2oc3ccc(F)cc3c(=O)c2[C@@H](c2cccc([N+](=O)[O-])c2)N1C[C@@H]1CCCO1. The standard InChI is InChI=1S/C22H17FN2O6/c23-13-6-7-17-16(10-13)20(26)18-19(12-3-1-4-14(9-12)25(28)29)24(22(27)21(18)31-17)11-15-5-2-8-30-15/h1,3-4,6-7,9-10,15,19H,2,5,8,11H2/t15-,19+/m0/s1. The second kappa shape index (κ2) is 7.28. The fourth-order valence-electron chi connectivity index (χ4n) is 4.34. The molecule has 1 aromatic heterocycles. The molecular formula is C22H17FN2O6. The van der Waals surface area contributed by atoms with Crippen LogP contribution in [0.1, 0.15) is 40.6 Å². The minimum absolute atomic E-state index is 0.0148. The molecule has 8 nitrogen and oxygen atoms in total. The van der Waals surface area contributed by atoms with Crippen LogP contribution in [-0.4, -0.2) is 35.0 Å². The summed E-state index contributed by atoms with van der Waals surface area (Å²) in [7, 11) is 0. The fourth-order valence-corrected chi connectivity index (χ4v) is 4.34. The number of carbonyl (C=O) groups excluding carboxylic acids is 1. The van der Waals surface area contributed by atoms with Gasteiger partial charge in [0.1, 0.15) is 11.4 Å². The molecule has 5 rings (SSSR count). The molecule has 2 aliphatic heterocycles. The Morgan fingerprint density at radius 3 is 2.77 bits per heavy atom. The molecule has 2 aromatic carbocycles. The Morgan fingerprint density at radius 1 is 1.19 bits per heavy atom. The molecule has 9 heteroatoms. The summed E-state index contributed by atoms with van der Waals surface area (Å²) in [5.74, 6) is -1.23. The maximum atomic E-state index is 13.8. The lowest BCUT2D eigenvalue weighted by Gasteiger charge is -2.27. The summed E-state index contributed by atoms with van der Waals surface area (Å²) in [4.78, 5) is 38.8. The van der Waals surface area contributed by atoms with Gasteiger partial charge in [0, 0.05) is 25.3 Å². The number of carbonyl (C=O) groups is 1. The summed E-state index contributed by atoms with van der Waals surface area (Å²) in [6.07, 6.45) is 1.42. The lowest BCUT2D eigenvalue weighted by molar-refractivity contribution is -0.384. The van der Waals surface area contributed by atoms with Crippen LogP contribution in [0.15, 0.2) is 51.7 Å². The first-order valence-corrected chi connectivity index (χ1v) is 9.87. The Kier molecular flexibility index (Phi) is 4.55. The van der Waals surface area contributed by atoms with E-state index in [-0.39, 0.29) is 40.6 Å². The highest BCUT2D eigenvalue weighted by Crippen LogP contribution is 2.39. The van der Waals surface area contributed by atoms with E-state index in [0.29, 0.717) is 12.2 Å². The van der Waals surface area contributed by atoms with Gasteiger partial charge >= 0.3 is 0 Å². The van der Waals surface area contributed by atoms with E-state index in [2.05, 4.69) is 0 Å². The van der Waals surface area contributed by atoms with Crippen molar-refractivity contribution in [1.82, 2.24) is 4.90 Å². The zero-order valence-electron chi connectivity index (χ0n) is 16.2. The number of hydrogen-bond acceptors (Lipinski definition) is 6. The Bertz CT molecular complexity index is 1280. The van der Waals surface area contributed by atoms with Gasteiger partial charge in [-0.1, -0.05) is 12.1 Å². The Labute approximate surface area is 175 Å². The highest BCUT2D eigenvalue weighted by molar-refractivity contribution is 5.99. The zero-order valence-corrected chi connectivity index (χ0v) is 16.2. The van der Waals surface area contributed by atoms with E-state index in [1.165, 1.54) is 29.2 Å². The van der Waals surface area contributed by atoms with Crippen molar-refractivity contribution in [3.8, 4) is 0 Å². The van der Waals surface area contributed by atoms with E-state index in [9.17, 15) is 24.1 Å². The van der Waals surface area contributed by atoms with Crippen LogP contribution in [0, 0.1) is 15.9 Å². The fraction of sp³-hybridized carbons (Fsp3) is 0.273. The number of ether oxygens (including phenoxy) is 1. The predicted octanol–water partition coefficient (Wildman–Crippen LogP) is 3.56. The van der Waals surface area contributed by atoms with Gasteiger partial charge in [-0.05, 0) is 36.6 Å². The highest BCUT2D eigenvalue weighted by Gasteiger charge is 2.44. The molecular weight excluding hydrogens is 407 g/mol. The summed E-state index contributed by atoms with van der Waals surface area (Å²) in [5, 5.41) is 11.3. The van der Waals surface area contributed by atoms with Gasteiger partial charge in [0.15, 0.2) is 5.43 Å². The molecule has 3 heterocycles. The van der Waals surface area contributed by atoms with E-state index < -0.39 is 28.1 Å². The van der Waals surface area contributed by atoms with Gasteiger partial charge in [0.05, 0.1) is 28.0 Å². The molecule has 31 heavy (non-hydrogen) atoms. The van der Waals surface area contributed by atoms with Gasteiger partial charge in [-0.15, -0.1) is 0 Å². The van der Waals surface area contributed by atoms with Crippen LogP contribution < -0.4 is 5.43 Å². The molecule has 3 aromatic rings. The Morgan fingerprint density at radius 2 is 2.03 bits per heavy atom. The Balaban J connectivity index is 1.72. The van der Waals surface area contributed by atoms with Crippen LogP contribution in [0.2, 0.25) is 0 Å². The number of halogens is 1. The molecule has 1 saturated heterocycles. The van der Waals surface area contributed by atoms with E-state index in [1.54, 1.807) is 6.07 Å². The number of benzene rings is 2. The second-order valence-corrected chi connectivity index (χ2v) is 7.66. The molecule has 0 saturated carbocycles. The monoisotopic (exact) mass is 424 g/mol. The molecule has 0 N–H and O–H groups in total. The second-order valence-electron chi connectivity index (χ2n) is 7.66. The van der Waals surface area contributed by atoms with Crippen molar-refractivity contribution in [1.29, 1.82) is 0 Å². The maximum Gasteiger partial charge on any atom is 0.291 e. The average Bonchev–Trinajstić information content (AvgIpc) is 3.36. The van der Waals surface area contributed by atoms with E-state index >= 15 is 0 Å². The molecule has 0 bridgehead atoms. The van der Waals surface area contributed by atoms with Crippen molar-refractivity contribution in [3.05, 3.63) is 85.5 Å². The van der Waals surface area contributed by atoms with Crippen LogP contribution in [0.5, 0.6) is 0 Å². The Hall–Kier alpha value is -3.59. The third-order valence-electron chi connectivity index (χ3n) is 5.75. The molecule has 2 atom stereocenters. The van der Waals surface area contributed by atoms with Crippen molar-refractivity contribution in [2.75, 3.05) is 13.2 Å². The highest BCUT2D eigenvalue weighted by atomic mass is 19.1. The number of fused-ring (bicyclic) bond motifs is 2. The third kappa shape index (κ3) is 3.17. The summed E-state index contributed by atoms with van der Waals surface area (Å²) in [5.41, 5.74) is -0.124. The lowest BCUT2D eigenvalue weighted by Crippen LogP contribution is -2.36.